The van der Waals surface area contributed by atoms with Crippen LogP contribution < -0.4 is 0 Å². The van der Waals surface area contributed by atoms with Crippen molar-refractivity contribution in [3.63, 3.8) is 0 Å². The lowest BCUT2D eigenvalue weighted by Gasteiger charge is -2.35. The summed E-state index contributed by atoms with van der Waals surface area (Å²) in [6.07, 6.45) is 7.67. The molecule has 1 nitrogen and oxygen atoms in total. The van der Waals surface area contributed by atoms with E-state index < -0.39 is 0 Å². The monoisotopic (exact) mass is 282 g/mol. The van der Waals surface area contributed by atoms with Crippen LogP contribution in [0.15, 0.2) is 30.3 Å². The van der Waals surface area contributed by atoms with Crippen LogP contribution in [-0.2, 0) is 11.8 Å². The first kappa shape index (κ1) is 15.9. The Labute approximate surface area is 129 Å². The maximum atomic E-state index is 10.3. The Morgan fingerprint density at radius 1 is 1.00 bits per heavy atom. The zero-order valence-corrected chi connectivity index (χ0v) is 13.7. The minimum absolute atomic E-state index is 0.0204. The number of aryl methyl sites for hydroxylation is 1. The van der Waals surface area contributed by atoms with Crippen LogP contribution in [0.2, 0.25) is 0 Å². The molecule has 2 radical (unpaired) electrons. The topological polar surface area (TPSA) is 20.2 Å². The zero-order valence-electron chi connectivity index (χ0n) is 13.7. The van der Waals surface area contributed by atoms with Gasteiger partial charge in [-0.3, -0.25) is 0 Å². The van der Waals surface area contributed by atoms with Gasteiger partial charge in [-0.25, -0.2) is 0 Å². The van der Waals surface area contributed by atoms with Gasteiger partial charge in [-0.1, -0.05) is 52.0 Å². The average molecular weight is 282 g/mol. The molecule has 1 N–H and O–H groups in total. The molecular weight excluding hydrogens is 256 g/mol. The Morgan fingerprint density at radius 3 is 2.14 bits per heavy atom. The summed E-state index contributed by atoms with van der Waals surface area (Å²) >= 11 is 0. The highest BCUT2D eigenvalue weighted by Crippen LogP contribution is 2.44. The van der Waals surface area contributed by atoms with Crippen LogP contribution >= 0.6 is 0 Å². The first-order valence-electron chi connectivity index (χ1n) is 8.12. The number of benzene rings is 2. The smallest absolute Gasteiger partial charge is 0.123 e. The van der Waals surface area contributed by atoms with Crippen LogP contribution in [0.3, 0.4) is 0 Å². The van der Waals surface area contributed by atoms with Gasteiger partial charge in [0, 0.05) is 10.8 Å². The van der Waals surface area contributed by atoms with E-state index in [1.165, 1.54) is 16.5 Å². The molecule has 0 aliphatic rings. The quantitative estimate of drug-likeness (QED) is 0.725. The van der Waals surface area contributed by atoms with Crippen LogP contribution in [0, 0.1) is 6.42 Å². The van der Waals surface area contributed by atoms with Gasteiger partial charge in [-0.2, -0.15) is 0 Å². The van der Waals surface area contributed by atoms with Crippen molar-refractivity contribution in [2.24, 2.45) is 0 Å². The number of phenolic OH excluding ortho intramolecular Hbond substituents is 1. The normalized spacial score (nSPS) is 12.0. The first-order valence-corrected chi connectivity index (χ1v) is 8.12. The van der Waals surface area contributed by atoms with Crippen molar-refractivity contribution in [2.45, 2.75) is 58.8 Å². The van der Waals surface area contributed by atoms with E-state index in [9.17, 15) is 5.11 Å². The van der Waals surface area contributed by atoms with Gasteiger partial charge in [0.05, 0.1) is 0 Å². The molecule has 0 saturated carbocycles. The van der Waals surface area contributed by atoms with E-state index >= 15 is 0 Å². The molecule has 2 aromatic carbocycles. The molecule has 0 aromatic heterocycles. The highest BCUT2D eigenvalue weighted by Gasteiger charge is 2.32. The minimum Gasteiger partial charge on any atom is -0.507 e. The van der Waals surface area contributed by atoms with E-state index in [0.717, 1.165) is 31.1 Å². The van der Waals surface area contributed by atoms with Gasteiger partial charge in [0.1, 0.15) is 5.75 Å². The first-order chi connectivity index (χ1) is 10.1. The number of fused-ring (bicyclic) bond motifs is 1. The van der Waals surface area contributed by atoms with E-state index in [4.69, 9.17) is 0 Å². The van der Waals surface area contributed by atoms with Gasteiger partial charge in [-0.15, -0.1) is 0 Å². The summed E-state index contributed by atoms with van der Waals surface area (Å²) in [6, 6.07) is 10.2. The van der Waals surface area contributed by atoms with E-state index in [1.54, 1.807) is 0 Å². The third kappa shape index (κ3) is 2.66. The van der Waals surface area contributed by atoms with Crippen LogP contribution in [0.5, 0.6) is 5.75 Å². The van der Waals surface area contributed by atoms with Crippen LogP contribution in [0.1, 0.15) is 58.1 Å². The van der Waals surface area contributed by atoms with Crippen molar-refractivity contribution in [1.29, 1.82) is 0 Å². The molecule has 2 aromatic rings. The van der Waals surface area contributed by atoms with Crippen molar-refractivity contribution < 1.29 is 5.11 Å². The summed E-state index contributed by atoms with van der Waals surface area (Å²) in [5.74, 6) is 0.392. The van der Waals surface area contributed by atoms with Crippen molar-refractivity contribution in [2.75, 3.05) is 0 Å². The molecule has 0 amide bonds. The molecule has 0 fully saturated rings. The van der Waals surface area contributed by atoms with E-state index in [1.807, 2.05) is 18.2 Å². The summed E-state index contributed by atoms with van der Waals surface area (Å²) < 4.78 is 0. The highest BCUT2D eigenvalue weighted by atomic mass is 16.3. The molecule has 0 unspecified atom stereocenters. The van der Waals surface area contributed by atoms with Gasteiger partial charge < -0.3 is 5.11 Å². The van der Waals surface area contributed by atoms with Gasteiger partial charge in [0.2, 0.25) is 0 Å². The maximum absolute atomic E-state index is 10.3. The van der Waals surface area contributed by atoms with Crippen LogP contribution in [0.4, 0.5) is 0 Å². The molecule has 21 heavy (non-hydrogen) atoms. The van der Waals surface area contributed by atoms with Crippen LogP contribution in [-0.4, -0.2) is 5.11 Å². The highest BCUT2D eigenvalue weighted by molar-refractivity contribution is 5.93. The lowest BCUT2D eigenvalue weighted by atomic mass is 9.69. The van der Waals surface area contributed by atoms with Crippen molar-refractivity contribution in [1.82, 2.24) is 0 Å². The predicted octanol–water partition coefficient (Wildman–Crippen LogP) is 5.66. The second-order valence-corrected chi connectivity index (χ2v) is 5.65. The Kier molecular flexibility index (Phi) is 4.92. The van der Waals surface area contributed by atoms with Gasteiger partial charge in [0.25, 0.3) is 0 Å². The fraction of sp³-hybridized carbons (Fsp3) is 0.450. The van der Waals surface area contributed by atoms with E-state index in [2.05, 4.69) is 46.2 Å². The number of phenols is 1. The maximum Gasteiger partial charge on any atom is 0.123 e. The second kappa shape index (κ2) is 6.51. The lowest BCUT2D eigenvalue weighted by Crippen LogP contribution is -2.27. The van der Waals surface area contributed by atoms with E-state index in [-0.39, 0.29) is 5.41 Å². The summed E-state index contributed by atoms with van der Waals surface area (Å²) in [5.41, 5.74) is 2.59. The molecular formula is C20H26O. The zero-order chi connectivity index (χ0) is 15.5. The second-order valence-electron chi connectivity index (χ2n) is 5.65. The fourth-order valence-corrected chi connectivity index (χ4v) is 3.54. The fourth-order valence-electron chi connectivity index (χ4n) is 3.54. The summed E-state index contributed by atoms with van der Waals surface area (Å²) in [5, 5.41) is 12.5. The van der Waals surface area contributed by atoms with E-state index in [0.29, 0.717) is 5.75 Å². The number of aromatic hydroxyl groups is 1. The molecule has 0 heterocycles. The van der Waals surface area contributed by atoms with Crippen LogP contribution in [0.25, 0.3) is 10.8 Å². The molecule has 0 bridgehead atoms. The standard InChI is InChI=1S/C20H26O/c1-5-13-20(7-3,8-4)19-15(6-2)14-18(21)16-11-9-10-12-17(16)19/h9-12,14,21H,5-8H2,1-4H3. The molecule has 0 aliphatic carbocycles. The Bertz CT molecular complexity index is 609. The molecule has 0 aliphatic heterocycles. The third-order valence-electron chi connectivity index (χ3n) is 4.69. The number of rotatable bonds is 6. The Balaban J connectivity index is 2.85. The lowest BCUT2D eigenvalue weighted by molar-refractivity contribution is 0.446. The summed E-state index contributed by atoms with van der Waals surface area (Å²) in [7, 11) is 0. The molecule has 1 heteroatoms. The number of hydrogen-bond donors (Lipinski definition) is 1. The van der Waals surface area contributed by atoms with Crippen molar-refractivity contribution in [3.8, 4) is 5.75 Å². The third-order valence-corrected chi connectivity index (χ3v) is 4.69. The van der Waals surface area contributed by atoms with Gasteiger partial charge in [0.15, 0.2) is 0 Å². The summed E-state index contributed by atoms with van der Waals surface area (Å²) in [6.45, 7) is 8.81. The largest absolute Gasteiger partial charge is 0.507 e. The van der Waals surface area contributed by atoms with Crippen molar-refractivity contribution in [3.05, 3.63) is 47.9 Å². The molecule has 0 spiro atoms. The molecule has 0 atom stereocenters. The molecule has 2 rings (SSSR count). The molecule has 112 valence electrons. The SMILES string of the molecule is CC[C]C(CC)(CC)c1c(CC)cc(O)c2ccccc12. The predicted molar refractivity (Wildman–Crippen MR) is 90.8 cm³/mol. The van der Waals surface area contributed by atoms with Gasteiger partial charge >= 0.3 is 0 Å². The summed E-state index contributed by atoms with van der Waals surface area (Å²) in [4.78, 5) is 0. The molecule has 0 saturated heterocycles. The van der Waals surface area contributed by atoms with Gasteiger partial charge in [-0.05, 0) is 54.7 Å². The Hall–Kier alpha value is -1.50. The minimum atomic E-state index is -0.0204. The Morgan fingerprint density at radius 2 is 1.62 bits per heavy atom. The average Bonchev–Trinajstić information content (AvgIpc) is 2.53. The number of hydrogen-bond acceptors (Lipinski definition) is 1. The van der Waals surface area contributed by atoms with Crippen molar-refractivity contribution >= 4 is 10.8 Å².